The highest BCUT2D eigenvalue weighted by Crippen LogP contribution is 2.37. The number of fused-ring (bicyclic) bond motifs is 1. The summed E-state index contributed by atoms with van der Waals surface area (Å²) >= 11 is 0. The second-order valence-corrected chi connectivity index (χ2v) is 7.08. The smallest absolute Gasteiger partial charge is 0.273 e. The fourth-order valence-corrected chi connectivity index (χ4v) is 3.51. The van der Waals surface area contributed by atoms with Crippen LogP contribution in [0.25, 0.3) is 0 Å². The van der Waals surface area contributed by atoms with Crippen LogP contribution in [0.1, 0.15) is 22.3 Å². The van der Waals surface area contributed by atoms with E-state index in [1.165, 1.54) is 6.07 Å². The molecule has 4 rings (SSSR count). The van der Waals surface area contributed by atoms with Gasteiger partial charge in [-0.2, -0.15) is 0 Å². The number of carbonyl (C=O) groups excluding carboxylic acids is 2. The summed E-state index contributed by atoms with van der Waals surface area (Å²) in [6.45, 7) is 2.55. The molecule has 0 bridgehead atoms. The van der Waals surface area contributed by atoms with Crippen molar-refractivity contribution < 1.29 is 24.0 Å². The van der Waals surface area contributed by atoms with E-state index < -0.39 is 10.8 Å². The molecule has 9 nitrogen and oxygen atoms in total. The van der Waals surface area contributed by atoms with Gasteiger partial charge in [-0.05, 0) is 25.1 Å². The molecule has 0 aliphatic carbocycles. The number of aryl methyl sites for hydroxylation is 1. The van der Waals surface area contributed by atoms with Crippen LogP contribution in [0.5, 0.6) is 11.5 Å². The minimum absolute atomic E-state index is 0.0333. The number of benzene rings is 2. The molecule has 2 amide bonds. The van der Waals surface area contributed by atoms with Gasteiger partial charge in [0, 0.05) is 54.4 Å². The van der Waals surface area contributed by atoms with Crippen LogP contribution in [0.2, 0.25) is 0 Å². The Kier molecular flexibility index (Phi) is 4.79. The zero-order valence-electron chi connectivity index (χ0n) is 15.7. The van der Waals surface area contributed by atoms with Gasteiger partial charge in [0.05, 0.1) is 4.92 Å². The minimum atomic E-state index is -0.509. The lowest BCUT2D eigenvalue weighted by Gasteiger charge is -2.17. The Bertz CT molecular complexity index is 1010. The van der Waals surface area contributed by atoms with Gasteiger partial charge in [-0.25, -0.2) is 0 Å². The zero-order chi connectivity index (χ0) is 20.5. The first-order valence-electron chi connectivity index (χ1n) is 9.15. The number of carbonyl (C=O) groups is 2. The van der Waals surface area contributed by atoms with Crippen molar-refractivity contribution in [1.82, 2.24) is 5.32 Å². The van der Waals surface area contributed by atoms with E-state index in [1.54, 1.807) is 42.2 Å². The number of rotatable bonds is 5. The van der Waals surface area contributed by atoms with Crippen molar-refractivity contribution in [2.45, 2.75) is 13.3 Å². The van der Waals surface area contributed by atoms with Gasteiger partial charge in [0.2, 0.25) is 12.7 Å². The Morgan fingerprint density at radius 1 is 1.24 bits per heavy atom. The Morgan fingerprint density at radius 3 is 2.83 bits per heavy atom. The second-order valence-electron chi connectivity index (χ2n) is 7.08. The monoisotopic (exact) mass is 397 g/mol. The number of nitrogens with zero attached hydrogens (tertiary/aromatic N) is 2. The third-order valence-electron chi connectivity index (χ3n) is 5.09. The molecule has 1 N–H and O–H groups in total. The summed E-state index contributed by atoms with van der Waals surface area (Å²) in [6.07, 6.45) is 0.308. The molecule has 1 saturated heterocycles. The molecule has 0 saturated carbocycles. The summed E-state index contributed by atoms with van der Waals surface area (Å²) in [5, 5.41) is 13.8. The number of nitro benzene ring substituents is 1. The Labute approximate surface area is 166 Å². The van der Waals surface area contributed by atoms with Crippen LogP contribution in [0.4, 0.5) is 11.4 Å². The quantitative estimate of drug-likeness (QED) is 0.613. The van der Waals surface area contributed by atoms with E-state index in [0.717, 1.165) is 5.69 Å². The molecule has 150 valence electrons. The van der Waals surface area contributed by atoms with Crippen LogP contribution in [0.3, 0.4) is 0 Å². The molecule has 2 aromatic carbocycles. The number of anilines is 1. The van der Waals surface area contributed by atoms with Crippen molar-refractivity contribution in [3.8, 4) is 11.5 Å². The lowest BCUT2D eigenvalue weighted by molar-refractivity contribution is -0.385. The molecule has 2 aromatic rings. The predicted octanol–water partition coefficient (Wildman–Crippen LogP) is 2.41. The van der Waals surface area contributed by atoms with Crippen molar-refractivity contribution in [2.75, 3.05) is 24.8 Å². The summed E-state index contributed by atoms with van der Waals surface area (Å²) in [6, 6.07) is 9.71. The summed E-state index contributed by atoms with van der Waals surface area (Å²) in [7, 11) is 0. The van der Waals surface area contributed by atoms with Crippen LogP contribution in [0.15, 0.2) is 36.4 Å². The predicted molar refractivity (Wildman–Crippen MR) is 103 cm³/mol. The average Bonchev–Trinajstić information content (AvgIpc) is 3.31. The fourth-order valence-electron chi connectivity index (χ4n) is 3.51. The van der Waals surface area contributed by atoms with E-state index in [1.807, 2.05) is 0 Å². The maximum absolute atomic E-state index is 12.4. The van der Waals surface area contributed by atoms with E-state index in [9.17, 15) is 19.7 Å². The zero-order valence-corrected chi connectivity index (χ0v) is 15.7. The van der Waals surface area contributed by atoms with E-state index in [0.29, 0.717) is 36.6 Å². The minimum Gasteiger partial charge on any atom is -0.454 e. The van der Waals surface area contributed by atoms with Crippen LogP contribution in [0, 0.1) is 23.0 Å². The molecule has 2 aliphatic heterocycles. The average molecular weight is 397 g/mol. The number of hydrogen-bond donors (Lipinski definition) is 1. The normalized spacial score (nSPS) is 17.5. The largest absolute Gasteiger partial charge is 0.454 e. The van der Waals surface area contributed by atoms with Gasteiger partial charge < -0.3 is 19.7 Å². The highest BCUT2D eigenvalue weighted by molar-refractivity contribution is 5.97. The highest BCUT2D eigenvalue weighted by Gasteiger charge is 2.31. The lowest BCUT2D eigenvalue weighted by atomic mass is 10.1. The van der Waals surface area contributed by atoms with Gasteiger partial charge in [-0.3, -0.25) is 19.7 Å². The Hall–Kier alpha value is -3.62. The molecular weight excluding hydrogens is 378 g/mol. The number of hydrogen-bond acceptors (Lipinski definition) is 6. The van der Waals surface area contributed by atoms with Crippen LogP contribution < -0.4 is 19.7 Å². The molecule has 0 radical (unpaired) electrons. The van der Waals surface area contributed by atoms with Gasteiger partial charge in [0.25, 0.3) is 11.6 Å². The van der Waals surface area contributed by atoms with Gasteiger partial charge in [-0.1, -0.05) is 6.07 Å². The second kappa shape index (κ2) is 7.42. The summed E-state index contributed by atoms with van der Waals surface area (Å²) in [5.41, 5.74) is 1.34. The standard InChI is InChI=1S/C20H19N3O6/c1-12-2-3-14(7-16(12)23(26)27)20(25)21-9-13-6-19(24)22(10-13)15-4-5-17-18(8-15)29-11-28-17/h2-5,7-8,13H,6,9-11H2,1H3,(H,21,25). The van der Waals surface area contributed by atoms with Crippen molar-refractivity contribution in [2.24, 2.45) is 5.92 Å². The Balaban J connectivity index is 1.39. The maximum atomic E-state index is 12.4. The topological polar surface area (TPSA) is 111 Å². The summed E-state index contributed by atoms with van der Waals surface area (Å²) < 4.78 is 10.6. The van der Waals surface area contributed by atoms with E-state index in [-0.39, 0.29) is 29.9 Å². The van der Waals surface area contributed by atoms with Crippen molar-refractivity contribution in [3.05, 3.63) is 57.6 Å². The lowest BCUT2D eigenvalue weighted by Crippen LogP contribution is -2.31. The van der Waals surface area contributed by atoms with E-state index >= 15 is 0 Å². The number of ether oxygens (including phenoxy) is 2. The van der Waals surface area contributed by atoms with Crippen LogP contribution in [-0.4, -0.2) is 36.6 Å². The number of nitrogens with one attached hydrogen (secondary N) is 1. The molecule has 1 fully saturated rings. The third-order valence-corrected chi connectivity index (χ3v) is 5.09. The molecule has 29 heavy (non-hydrogen) atoms. The number of nitro groups is 1. The van der Waals surface area contributed by atoms with Crippen molar-refractivity contribution in [3.63, 3.8) is 0 Å². The molecule has 1 atom stereocenters. The number of amides is 2. The van der Waals surface area contributed by atoms with E-state index in [2.05, 4.69) is 5.32 Å². The molecule has 0 spiro atoms. The van der Waals surface area contributed by atoms with E-state index in [4.69, 9.17) is 9.47 Å². The maximum Gasteiger partial charge on any atom is 0.273 e. The molecule has 2 aliphatic rings. The molecule has 1 unspecified atom stereocenters. The SMILES string of the molecule is Cc1ccc(C(=O)NCC2CC(=O)N(c3ccc4c(c3)OCO4)C2)cc1[N+](=O)[O-]. The van der Waals surface area contributed by atoms with Crippen molar-refractivity contribution >= 4 is 23.2 Å². The fraction of sp³-hybridized carbons (Fsp3) is 0.300. The van der Waals surface area contributed by atoms with Gasteiger partial charge in [0.15, 0.2) is 11.5 Å². The van der Waals surface area contributed by atoms with Gasteiger partial charge in [0.1, 0.15) is 0 Å². The Morgan fingerprint density at radius 2 is 2.03 bits per heavy atom. The van der Waals surface area contributed by atoms with Crippen LogP contribution >= 0.6 is 0 Å². The van der Waals surface area contributed by atoms with Crippen LogP contribution in [-0.2, 0) is 4.79 Å². The summed E-state index contributed by atoms with van der Waals surface area (Å²) in [5.74, 6) is 0.762. The molecule has 9 heteroatoms. The summed E-state index contributed by atoms with van der Waals surface area (Å²) in [4.78, 5) is 37.0. The molecule has 0 aromatic heterocycles. The van der Waals surface area contributed by atoms with Gasteiger partial charge >= 0.3 is 0 Å². The first-order chi connectivity index (χ1) is 13.9. The van der Waals surface area contributed by atoms with Gasteiger partial charge in [-0.15, -0.1) is 0 Å². The van der Waals surface area contributed by atoms with Crippen molar-refractivity contribution in [1.29, 1.82) is 0 Å². The first-order valence-corrected chi connectivity index (χ1v) is 9.15. The first kappa shape index (κ1) is 18.7. The third kappa shape index (κ3) is 3.71. The molecular formula is C20H19N3O6. The highest BCUT2D eigenvalue weighted by atomic mass is 16.7. The molecule has 2 heterocycles.